The van der Waals surface area contributed by atoms with Crippen LogP contribution in [0.2, 0.25) is 0 Å². The van der Waals surface area contributed by atoms with Gasteiger partial charge in [-0.15, -0.1) is 0 Å². The molecule has 6 atom stereocenters. The Kier molecular flexibility index (Phi) is 12.4. The fraction of sp³-hybridized carbons (Fsp3) is 0.708. The van der Waals surface area contributed by atoms with Crippen molar-refractivity contribution in [3.8, 4) is 0 Å². The summed E-state index contributed by atoms with van der Waals surface area (Å²) in [5.41, 5.74) is 12.4. The van der Waals surface area contributed by atoms with Crippen molar-refractivity contribution in [2.45, 2.75) is 175 Å². The molecule has 348 valence electrons. The van der Waals surface area contributed by atoms with E-state index in [1.807, 2.05) is 0 Å². The van der Waals surface area contributed by atoms with Crippen LogP contribution < -0.4 is 15.2 Å². The third-order valence-electron chi connectivity index (χ3n) is 16.9. The molecular formula is C48H68N8O6S2. The number of urea groups is 1. The molecule has 2 aromatic carbocycles. The Bertz CT molecular complexity index is 2340. The Hall–Kier alpha value is -3.21. The maximum absolute atomic E-state index is 13.2. The number of rotatable bonds is 7. The number of nitrogens with one attached hydrogen (secondary N) is 2. The average Bonchev–Trinajstić information content (AvgIpc) is 4.10. The second-order valence-corrected chi connectivity index (χ2v) is 24.7. The van der Waals surface area contributed by atoms with Gasteiger partial charge in [-0.2, -0.15) is 4.99 Å². The van der Waals surface area contributed by atoms with Crippen LogP contribution in [0.3, 0.4) is 0 Å². The lowest BCUT2D eigenvalue weighted by Gasteiger charge is -2.50. The first-order valence-corrected chi connectivity index (χ1v) is 27.6. The molecule has 0 spiro atoms. The molecule has 2 amide bonds. The van der Waals surface area contributed by atoms with Crippen molar-refractivity contribution in [1.82, 2.24) is 24.3 Å². The third kappa shape index (κ3) is 8.64. The first kappa shape index (κ1) is 44.6. The largest absolute Gasteiger partial charge is 0.332 e. The minimum Gasteiger partial charge on any atom is -0.307 e. The van der Waals surface area contributed by atoms with E-state index in [4.69, 9.17) is 5.14 Å². The molecule has 4 aliphatic carbocycles. The van der Waals surface area contributed by atoms with Gasteiger partial charge in [0.2, 0.25) is 26.1 Å². The molecule has 6 aliphatic heterocycles. The lowest BCUT2D eigenvalue weighted by molar-refractivity contribution is 0.000489. The number of aryl methyl sites for hydroxylation is 4. The molecule has 64 heavy (non-hydrogen) atoms. The molecule has 4 N–H and O–H groups in total. The lowest BCUT2D eigenvalue weighted by Crippen LogP contribution is -2.63. The first-order chi connectivity index (χ1) is 30.7. The van der Waals surface area contributed by atoms with Crippen molar-refractivity contribution >= 4 is 43.5 Å². The fourth-order valence-electron chi connectivity index (χ4n) is 14.0. The summed E-state index contributed by atoms with van der Waals surface area (Å²) in [6, 6.07) is 6.86. The summed E-state index contributed by atoms with van der Waals surface area (Å²) in [6.45, 7) is 4.42. The summed E-state index contributed by atoms with van der Waals surface area (Å²) in [5.74, 6) is 0. The van der Waals surface area contributed by atoms with E-state index in [0.717, 1.165) is 140 Å². The number of likely N-dealkylation sites (N-methyl/N-ethyl adjacent to an activating group) is 2. The SMILES string of the molecule is CN1CC(N2[C@@H]3CC[C@H]2CC(S(=O)(=O)NC(=O)Nc2c4c(cc5c2CCC5)CCC4)C3)C1.CN1CC(N2[C@@H]3CC[C@H]2CC(S(N)(=O)=O)C3)C1.O=C=Nc1c2c(cc3c1CCC3)CCC2. The van der Waals surface area contributed by atoms with Crippen LogP contribution in [0.4, 0.5) is 16.2 Å². The molecule has 6 fully saturated rings. The van der Waals surface area contributed by atoms with E-state index in [2.05, 4.69) is 60.9 Å². The summed E-state index contributed by atoms with van der Waals surface area (Å²) < 4.78 is 51.7. The number of carbonyl (C=O) groups is 1. The monoisotopic (exact) mass is 916 g/mol. The first-order valence-electron chi connectivity index (χ1n) is 24.4. The van der Waals surface area contributed by atoms with Crippen molar-refractivity contribution in [2.75, 3.05) is 45.6 Å². The van der Waals surface area contributed by atoms with Gasteiger partial charge in [0.25, 0.3) is 0 Å². The topological polar surface area (TPSA) is 178 Å². The standard InChI is InChI=1S/C24H34N4O3S.C13H13NO.C11H21N3O2S/c1-27-13-19(14-27)28-17-8-9-18(28)12-20(11-17)32(30,31)26-24(29)25-23-21-6-2-4-15(21)10-16-5-3-7-22(16)23;15-8-14-13-11-5-1-3-9(11)7-10-4-2-6-12(10)13;1-13-6-10(7-13)14-8-2-3-9(14)5-11(4-8)17(12,15)16/h10,17-20H,2-9,11-14H2,1H3,(H2,25,26,29);7H,1-6H2;8-11H,2-7H2,1H3,(H2,12,15,16)/t17-,18+,20?;;8-,9+,11?. The quantitative estimate of drug-likeness (QED) is 0.262. The molecule has 12 rings (SSSR count). The fourth-order valence-corrected chi connectivity index (χ4v) is 16.4. The molecule has 0 aromatic heterocycles. The number of anilines is 1. The smallest absolute Gasteiger partial charge is 0.307 e. The number of fused-ring (bicyclic) bond motifs is 8. The van der Waals surface area contributed by atoms with Gasteiger partial charge in [-0.1, -0.05) is 12.1 Å². The maximum Gasteiger partial charge on any atom is 0.332 e. The summed E-state index contributed by atoms with van der Waals surface area (Å²) in [5, 5.41) is 7.50. The Morgan fingerprint density at radius 2 is 1.00 bits per heavy atom. The van der Waals surface area contributed by atoms with Gasteiger partial charge in [0.15, 0.2) is 0 Å². The molecule has 6 heterocycles. The van der Waals surface area contributed by atoms with E-state index in [1.165, 1.54) is 57.3 Å². The van der Waals surface area contributed by atoms with Gasteiger partial charge in [-0.25, -0.2) is 36.3 Å². The minimum atomic E-state index is -3.70. The number of aliphatic imine (C=N–C) groups is 1. The summed E-state index contributed by atoms with van der Waals surface area (Å²) in [6.07, 6.45) is 22.1. The summed E-state index contributed by atoms with van der Waals surface area (Å²) in [4.78, 5) is 37.1. The summed E-state index contributed by atoms with van der Waals surface area (Å²) >= 11 is 0. The molecular weight excluding hydrogens is 849 g/mol. The highest BCUT2D eigenvalue weighted by molar-refractivity contribution is 7.90. The van der Waals surface area contributed by atoms with Crippen LogP contribution in [-0.4, -0.2) is 136 Å². The molecule has 16 heteroatoms. The lowest BCUT2D eigenvalue weighted by atomic mass is 9.96. The molecule has 14 nitrogen and oxygen atoms in total. The minimum absolute atomic E-state index is 0.297. The Labute approximate surface area is 380 Å². The van der Waals surface area contributed by atoms with Gasteiger partial charge >= 0.3 is 6.03 Å². The van der Waals surface area contributed by atoms with Crippen molar-refractivity contribution in [2.24, 2.45) is 10.1 Å². The van der Waals surface area contributed by atoms with E-state index in [-0.39, 0.29) is 5.25 Å². The average molecular weight is 917 g/mol. The van der Waals surface area contributed by atoms with Gasteiger partial charge in [-0.05, 0) is 187 Å². The maximum atomic E-state index is 13.2. The van der Waals surface area contributed by atoms with E-state index >= 15 is 0 Å². The molecule has 2 aromatic rings. The number of primary sulfonamides is 1. The van der Waals surface area contributed by atoms with E-state index in [9.17, 15) is 26.4 Å². The number of hydrogen-bond donors (Lipinski definition) is 3. The number of nitrogens with two attached hydrogens (primary N) is 1. The molecule has 0 saturated carbocycles. The number of amides is 2. The zero-order chi connectivity index (χ0) is 44.5. The highest BCUT2D eigenvalue weighted by Crippen LogP contribution is 2.44. The molecule has 10 aliphatic rings. The van der Waals surface area contributed by atoms with Crippen LogP contribution in [0.1, 0.15) is 122 Å². The predicted octanol–water partition coefficient (Wildman–Crippen LogP) is 4.64. The van der Waals surface area contributed by atoms with E-state index < -0.39 is 31.3 Å². The van der Waals surface area contributed by atoms with Crippen LogP contribution in [0.15, 0.2) is 17.1 Å². The van der Waals surface area contributed by atoms with Crippen LogP contribution in [0.5, 0.6) is 0 Å². The number of hydrogen-bond acceptors (Lipinski definition) is 11. The van der Waals surface area contributed by atoms with E-state index in [0.29, 0.717) is 49.1 Å². The van der Waals surface area contributed by atoms with Crippen molar-refractivity contribution < 1.29 is 26.4 Å². The number of nitrogens with zero attached hydrogens (tertiary/aromatic N) is 5. The molecule has 4 bridgehead atoms. The van der Waals surface area contributed by atoms with Gasteiger partial charge in [0.05, 0.1) is 16.2 Å². The highest BCUT2D eigenvalue weighted by Gasteiger charge is 2.50. The van der Waals surface area contributed by atoms with Gasteiger partial charge in [-0.3, -0.25) is 9.80 Å². The zero-order valence-corrected chi connectivity index (χ0v) is 39.5. The Morgan fingerprint density at radius 1 is 0.609 bits per heavy atom. The molecule has 2 unspecified atom stereocenters. The predicted molar refractivity (Wildman–Crippen MR) is 249 cm³/mol. The Morgan fingerprint density at radius 3 is 1.39 bits per heavy atom. The van der Waals surface area contributed by atoms with Crippen LogP contribution >= 0.6 is 0 Å². The van der Waals surface area contributed by atoms with Crippen LogP contribution in [-0.2, 0) is 76.2 Å². The second-order valence-electron chi connectivity index (χ2n) is 20.9. The number of carbonyl (C=O) groups excluding carboxylic acids is 2. The summed E-state index contributed by atoms with van der Waals surface area (Å²) in [7, 11) is -2.77. The molecule has 6 saturated heterocycles. The van der Waals surface area contributed by atoms with Crippen molar-refractivity contribution in [3.63, 3.8) is 0 Å². The van der Waals surface area contributed by atoms with Gasteiger partial charge in [0, 0.05) is 68.1 Å². The molecule has 0 radical (unpaired) electrons. The zero-order valence-electron chi connectivity index (χ0n) is 37.8. The van der Waals surface area contributed by atoms with Crippen LogP contribution in [0.25, 0.3) is 0 Å². The van der Waals surface area contributed by atoms with Crippen molar-refractivity contribution in [1.29, 1.82) is 0 Å². The van der Waals surface area contributed by atoms with Gasteiger partial charge in [0.1, 0.15) is 0 Å². The third-order valence-corrected chi connectivity index (χ3v) is 19.9. The van der Waals surface area contributed by atoms with Gasteiger partial charge < -0.3 is 15.1 Å². The van der Waals surface area contributed by atoms with E-state index in [1.54, 1.807) is 6.08 Å². The van der Waals surface area contributed by atoms with Crippen molar-refractivity contribution in [3.05, 3.63) is 56.6 Å². The number of isocyanates is 1. The number of sulfonamides is 2. The highest BCUT2D eigenvalue weighted by atomic mass is 32.2. The number of likely N-dealkylation sites (tertiary alicyclic amines) is 2. The van der Waals surface area contributed by atoms with Crippen LogP contribution in [0, 0.1) is 0 Å². The second kappa shape index (κ2) is 17.8. The number of benzene rings is 2. The number of piperidine rings is 2. The normalized spacial score (nSPS) is 29.8. The Balaban J connectivity index is 0.000000127.